The van der Waals surface area contributed by atoms with Gasteiger partial charge in [0.15, 0.2) is 23.3 Å². The van der Waals surface area contributed by atoms with E-state index in [1.165, 1.54) is 0 Å². The maximum atomic E-state index is 13.4. The third kappa shape index (κ3) is 2.60. The van der Waals surface area contributed by atoms with Gasteiger partial charge in [0.05, 0.1) is 0 Å². The van der Waals surface area contributed by atoms with E-state index in [0.29, 0.717) is 6.54 Å². The minimum Gasteiger partial charge on any atom is -0.316 e. The molecule has 0 spiro atoms. The van der Waals surface area contributed by atoms with Gasteiger partial charge in [-0.25, -0.2) is 17.6 Å². The van der Waals surface area contributed by atoms with Crippen LogP contribution >= 0.6 is 0 Å². The van der Waals surface area contributed by atoms with E-state index in [2.05, 4.69) is 5.32 Å². The Balaban J connectivity index is 2.20. The second kappa shape index (κ2) is 5.04. The fraction of sp³-hybridized carbons (Fsp3) is 0.500. The van der Waals surface area contributed by atoms with E-state index < -0.39 is 23.3 Å². The molecule has 2 rings (SSSR count). The molecule has 1 aliphatic rings. The lowest BCUT2D eigenvalue weighted by atomic mass is 9.92. The summed E-state index contributed by atoms with van der Waals surface area (Å²) >= 11 is 0. The van der Waals surface area contributed by atoms with Crippen molar-refractivity contribution in [3.8, 4) is 0 Å². The Morgan fingerprint density at radius 3 is 2.53 bits per heavy atom. The summed E-state index contributed by atoms with van der Waals surface area (Å²) in [7, 11) is 0. The Hall–Kier alpha value is -1.10. The molecule has 17 heavy (non-hydrogen) atoms. The fourth-order valence-corrected chi connectivity index (χ4v) is 2.18. The zero-order valence-electron chi connectivity index (χ0n) is 9.20. The lowest BCUT2D eigenvalue weighted by Crippen LogP contribution is -2.31. The predicted molar refractivity (Wildman–Crippen MR) is 55.6 cm³/mol. The summed E-state index contributed by atoms with van der Waals surface area (Å²) in [5.41, 5.74) is -0.0879. The van der Waals surface area contributed by atoms with Crippen LogP contribution in [0.25, 0.3) is 0 Å². The van der Waals surface area contributed by atoms with Crippen molar-refractivity contribution in [1.29, 1.82) is 0 Å². The Morgan fingerprint density at radius 1 is 1.12 bits per heavy atom. The van der Waals surface area contributed by atoms with Gasteiger partial charge in [-0.1, -0.05) is 0 Å². The van der Waals surface area contributed by atoms with Gasteiger partial charge in [-0.2, -0.15) is 0 Å². The van der Waals surface area contributed by atoms with Crippen LogP contribution in [0, 0.1) is 29.2 Å². The summed E-state index contributed by atoms with van der Waals surface area (Å²) in [5.74, 6) is -5.92. The summed E-state index contributed by atoms with van der Waals surface area (Å²) in [5, 5.41) is 3.13. The zero-order valence-corrected chi connectivity index (χ0v) is 9.20. The first-order valence-corrected chi connectivity index (χ1v) is 5.62. The standard InChI is InChI=1S/C12H13F4N/c13-9-5-8(10(14)12(16)11(9)15)4-7-2-1-3-17-6-7/h5,7,17H,1-4,6H2. The highest BCUT2D eigenvalue weighted by Gasteiger charge is 2.21. The summed E-state index contributed by atoms with van der Waals surface area (Å²) < 4.78 is 52.1. The smallest absolute Gasteiger partial charge is 0.197 e. The van der Waals surface area contributed by atoms with Crippen LogP contribution in [-0.2, 0) is 6.42 Å². The molecule has 1 fully saturated rings. The monoisotopic (exact) mass is 247 g/mol. The van der Waals surface area contributed by atoms with Crippen LogP contribution in [0.3, 0.4) is 0 Å². The van der Waals surface area contributed by atoms with Crippen LogP contribution in [0.1, 0.15) is 18.4 Å². The van der Waals surface area contributed by atoms with Crippen LogP contribution in [0.15, 0.2) is 6.07 Å². The molecule has 0 bridgehead atoms. The van der Waals surface area contributed by atoms with E-state index in [-0.39, 0.29) is 17.9 Å². The molecular weight excluding hydrogens is 234 g/mol. The second-order valence-electron chi connectivity index (χ2n) is 4.38. The third-order valence-electron chi connectivity index (χ3n) is 3.09. The van der Waals surface area contributed by atoms with Crippen molar-refractivity contribution in [3.05, 3.63) is 34.9 Å². The first kappa shape index (κ1) is 12.4. The number of nitrogens with one attached hydrogen (secondary N) is 1. The van der Waals surface area contributed by atoms with E-state index in [9.17, 15) is 17.6 Å². The quantitative estimate of drug-likeness (QED) is 0.481. The van der Waals surface area contributed by atoms with Gasteiger partial charge in [-0.15, -0.1) is 0 Å². The van der Waals surface area contributed by atoms with Crippen LogP contribution in [-0.4, -0.2) is 13.1 Å². The average Bonchev–Trinajstić information content (AvgIpc) is 2.35. The summed E-state index contributed by atoms with van der Waals surface area (Å²) in [6.07, 6.45) is 2.07. The number of hydrogen-bond acceptors (Lipinski definition) is 1. The van der Waals surface area contributed by atoms with E-state index in [1.54, 1.807) is 0 Å². The normalized spacial score (nSPS) is 20.6. The molecule has 1 aliphatic heterocycles. The molecule has 0 radical (unpaired) electrons. The van der Waals surface area contributed by atoms with E-state index in [0.717, 1.165) is 25.5 Å². The molecule has 1 heterocycles. The van der Waals surface area contributed by atoms with Crippen LogP contribution < -0.4 is 5.32 Å². The van der Waals surface area contributed by atoms with Crippen molar-refractivity contribution in [2.75, 3.05) is 13.1 Å². The highest BCUT2D eigenvalue weighted by Crippen LogP contribution is 2.23. The molecular formula is C12H13F4N. The molecule has 0 saturated carbocycles. The topological polar surface area (TPSA) is 12.0 Å². The number of hydrogen-bond donors (Lipinski definition) is 1. The molecule has 0 aliphatic carbocycles. The molecule has 1 N–H and O–H groups in total. The molecule has 1 aromatic rings. The Morgan fingerprint density at radius 2 is 1.88 bits per heavy atom. The highest BCUT2D eigenvalue weighted by atomic mass is 19.2. The number of rotatable bonds is 2. The Kier molecular flexibility index (Phi) is 3.66. The number of benzene rings is 1. The zero-order chi connectivity index (χ0) is 12.4. The molecule has 1 saturated heterocycles. The largest absolute Gasteiger partial charge is 0.316 e. The number of piperidine rings is 1. The molecule has 0 aromatic heterocycles. The lowest BCUT2D eigenvalue weighted by molar-refractivity contribution is 0.361. The van der Waals surface area contributed by atoms with Gasteiger partial charge >= 0.3 is 0 Å². The fourth-order valence-electron chi connectivity index (χ4n) is 2.18. The molecule has 94 valence electrons. The van der Waals surface area contributed by atoms with Crippen LogP contribution in [0.2, 0.25) is 0 Å². The predicted octanol–water partition coefficient (Wildman–Crippen LogP) is 2.79. The second-order valence-corrected chi connectivity index (χ2v) is 4.38. The SMILES string of the molecule is Fc1cc(CC2CCCNC2)c(F)c(F)c1F. The number of halogens is 4. The van der Waals surface area contributed by atoms with Gasteiger partial charge in [-0.05, 0) is 49.9 Å². The summed E-state index contributed by atoms with van der Waals surface area (Å²) in [4.78, 5) is 0. The van der Waals surface area contributed by atoms with E-state index in [4.69, 9.17) is 0 Å². The lowest BCUT2D eigenvalue weighted by Gasteiger charge is -2.22. The average molecular weight is 247 g/mol. The first-order valence-electron chi connectivity index (χ1n) is 5.62. The van der Waals surface area contributed by atoms with Crippen molar-refractivity contribution >= 4 is 0 Å². The van der Waals surface area contributed by atoms with Crippen LogP contribution in [0.5, 0.6) is 0 Å². The highest BCUT2D eigenvalue weighted by molar-refractivity contribution is 5.22. The van der Waals surface area contributed by atoms with Crippen molar-refractivity contribution < 1.29 is 17.6 Å². The Labute approximate surface area is 96.8 Å². The van der Waals surface area contributed by atoms with Crippen molar-refractivity contribution in [2.24, 2.45) is 5.92 Å². The maximum Gasteiger partial charge on any atom is 0.197 e. The van der Waals surface area contributed by atoms with Gasteiger partial charge in [-0.3, -0.25) is 0 Å². The van der Waals surface area contributed by atoms with E-state index >= 15 is 0 Å². The Bertz CT molecular complexity index is 413. The maximum absolute atomic E-state index is 13.4. The van der Waals surface area contributed by atoms with Crippen molar-refractivity contribution in [3.63, 3.8) is 0 Å². The molecule has 1 atom stereocenters. The van der Waals surface area contributed by atoms with Crippen molar-refractivity contribution in [1.82, 2.24) is 5.32 Å². The van der Waals surface area contributed by atoms with Gasteiger partial charge in [0.2, 0.25) is 0 Å². The third-order valence-corrected chi connectivity index (χ3v) is 3.09. The van der Waals surface area contributed by atoms with Gasteiger partial charge in [0.1, 0.15) is 0 Å². The molecule has 1 nitrogen and oxygen atoms in total. The van der Waals surface area contributed by atoms with Gasteiger partial charge < -0.3 is 5.32 Å². The molecule has 1 unspecified atom stereocenters. The summed E-state index contributed by atoms with van der Waals surface area (Å²) in [6.45, 7) is 1.60. The molecule has 0 amide bonds. The van der Waals surface area contributed by atoms with E-state index in [1.807, 2.05) is 0 Å². The minimum atomic E-state index is -1.74. The molecule has 1 aromatic carbocycles. The first-order chi connectivity index (χ1) is 8.09. The minimum absolute atomic E-state index is 0.0879. The van der Waals surface area contributed by atoms with Crippen LogP contribution in [0.4, 0.5) is 17.6 Å². The van der Waals surface area contributed by atoms with Gasteiger partial charge in [0, 0.05) is 0 Å². The molecule has 5 heteroatoms. The summed E-state index contributed by atoms with van der Waals surface area (Å²) in [6, 6.07) is 0.752. The van der Waals surface area contributed by atoms with Crippen molar-refractivity contribution in [2.45, 2.75) is 19.3 Å². The van der Waals surface area contributed by atoms with Gasteiger partial charge in [0.25, 0.3) is 0 Å².